The van der Waals surface area contributed by atoms with Crippen molar-refractivity contribution < 1.29 is 80.0 Å². The fraction of sp³-hybridized carbons (Fsp3) is 0.387. The number of rotatable bonds is 23. The van der Waals surface area contributed by atoms with E-state index in [0.717, 1.165) is 5.39 Å². The number of benzene rings is 4. The molecule has 2 aromatic heterocycles. The standard InChI is InChI=1S/C31H37ClF2N6O6.C24H26ClF2N5O3.C7H13NO4.2H2S/c1-31(2,3)46-29(43)38-17-26(41)35-12-6-8-23(40(4)28(42)37-16-20-7-5-9-24(34)27(20)32)18-45-30(44)39-25-14-21-13-22(33)11-10-19(21)15-36-25;1-32(23(33)30-13-16-4-2-6-20(27)22(16)25)19(5-3-9-28)14-35-24(34)31-21-11-17-10-18(26)8-7-15(17)12-29-21;1-7(2,3)12-6(11)8-4-5(9)10;;/h5,7,9-11,13-15,23H,6,8,12,16-18H2,1-4H3,(H,35,41)(H,37,42)(H,38,43)(H,36,39,44);2,4,6-8,10-12,19H,3,5,9,13-14,28H2,1H3,(H,30,33)(H,29,31,34);4H2,1-3H3,(H,8,11)(H,9,10);2*1H2/t23-;19-;;;/m00.../s1. The zero-order valence-corrected chi connectivity index (χ0v) is 56.9. The van der Waals surface area contributed by atoms with Gasteiger partial charge in [0.05, 0.1) is 28.7 Å². The molecular weight excluding hydrogens is 1330 g/mol. The van der Waals surface area contributed by atoms with Crippen molar-refractivity contribution in [3.63, 3.8) is 0 Å². The van der Waals surface area contributed by atoms with Crippen molar-refractivity contribution in [2.24, 2.45) is 5.73 Å². The van der Waals surface area contributed by atoms with Crippen molar-refractivity contribution in [3.8, 4) is 0 Å². The second-order valence-corrected chi connectivity index (χ2v) is 23.1. The Bertz CT molecular complexity index is 3560. The average molecular weight is 1410 g/mol. The Morgan fingerprint density at radius 1 is 0.558 bits per heavy atom. The molecule has 0 bridgehead atoms. The predicted octanol–water partition coefficient (Wildman–Crippen LogP) is 10.8. The Morgan fingerprint density at radius 3 is 1.37 bits per heavy atom. The number of pyridine rings is 2. The number of hydrogen-bond donors (Lipinski definition) is 9. The molecule has 0 radical (unpaired) electrons. The summed E-state index contributed by atoms with van der Waals surface area (Å²) < 4.78 is 75.1. The number of carboxylic acid groups (broad SMARTS) is 1. The molecule has 95 heavy (non-hydrogen) atoms. The molecule has 0 saturated carbocycles. The second-order valence-electron chi connectivity index (χ2n) is 22.4. The monoisotopic (exact) mass is 1410 g/mol. The third kappa shape index (κ3) is 30.9. The van der Waals surface area contributed by atoms with E-state index in [1.165, 1.54) is 89.9 Å². The van der Waals surface area contributed by atoms with Gasteiger partial charge in [-0.25, -0.2) is 56.3 Å². The van der Waals surface area contributed by atoms with Crippen LogP contribution >= 0.6 is 50.2 Å². The zero-order chi connectivity index (χ0) is 69.0. The normalized spacial score (nSPS) is 11.3. The maximum Gasteiger partial charge on any atom is 0.412 e. The molecule has 0 aliphatic rings. The van der Waals surface area contributed by atoms with Gasteiger partial charge in [0, 0.05) is 56.9 Å². The van der Waals surface area contributed by atoms with Crippen LogP contribution in [0.15, 0.2) is 97.3 Å². The number of carbonyl (C=O) groups excluding carboxylic acids is 7. The second kappa shape index (κ2) is 40.5. The third-order valence-electron chi connectivity index (χ3n) is 12.7. The van der Waals surface area contributed by atoms with Gasteiger partial charge >= 0.3 is 42.4 Å². The zero-order valence-electron chi connectivity index (χ0n) is 53.4. The lowest BCUT2D eigenvalue weighted by molar-refractivity contribution is -0.136. The van der Waals surface area contributed by atoms with E-state index in [-0.39, 0.29) is 88.1 Å². The highest BCUT2D eigenvalue weighted by atomic mass is 35.5. The number of halogens is 6. The lowest BCUT2D eigenvalue weighted by atomic mass is 10.1. The number of aliphatic carboxylic acids is 1. The maximum absolute atomic E-state index is 13.8. The summed E-state index contributed by atoms with van der Waals surface area (Å²) in [4.78, 5) is 106. The number of fused-ring (bicyclic) bond motifs is 2. The van der Waals surface area contributed by atoms with E-state index in [0.29, 0.717) is 59.5 Å². The molecule has 9 amide bonds. The number of nitrogens with two attached hydrogens (primary N) is 1. The number of ether oxygens (including phenoxy) is 4. The number of alkyl carbamates (subject to hydrolysis) is 2. The highest BCUT2D eigenvalue weighted by Crippen LogP contribution is 2.23. The quantitative estimate of drug-likeness (QED) is 0.0163. The lowest BCUT2D eigenvalue weighted by Gasteiger charge is -2.28. The van der Waals surface area contributed by atoms with Gasteiger partial charge in [0.1, 0.15) is 65.9 Å². The van der Waals surface area contributed by atoms with Crippen LogP contribution in [0, 0.1) is 23.3 Å². The molecule has 0 aliphatic carbocycles. The van der Waals surface area contributed by atoms with E-state index in [2.05, 4.69) is 47.2 Å². The number of nitrogens with one attached hydrogen (secondary N) is 7. The summed E-state index contributed by atoms with van der Waals surface area (Å²) in [6.07, 6.45) is 1.68. The number of urea groups is 2. The summed E-state index contributed by atoms with van der Waals surface area (Å²) in [7, 11) is 3.06. The van der Waals surface area contributed by atoms with E-state index in [9.17, 15) is 55.9 Å². The number of carbonyl (C=O) groups is 8. The summed E-state index contributed by atoms with van der Waals surface area (Å²) in [5, 5.41) is 28.0. The fourth-order valence-corrected chi connectivity index (χ4v) is 8.35. The maximum atomic E-state index is 13.8. The number of aromatic nitrogens is 2. The Labute approximate surface area is 570 Å². The summed E-state index contributed by atoms with van der Waals surface area (Å²) >= 11 is 11.9. The molecule has 6 aromatic rings. The van der Waals surface area contributed by atoms with Gasteiger partial charge in [0.2, 0.25) is 5.91 Å². The first kappa shape index (κ1) is 82.3. The minimum Gasteiger partial charge on any atom is -0.480 e. The van der Waals surface area contributed by atoms with Gasteiger partial charge in [-0.15, -0.1) is 0 Å². The van der Waals surface area contributed by atoms with Crippen LogP contribution in [0.5, 0.6) is 0 Å². The molecule has 25 nitrogen and oxygen atoms in total. The van der Waals surface area contributed by atoms with Crippen LogP contribution in [0.4, 0.5) is 58.0 Å². The van der Waals surface area contributed by atoms with E-state index >= 15 is 0 Å². The van der Waals surface area contributed by atoms with Crippen molar-refractivity contribution in [2.45, 2.75) is 104 Å². The van der Waals surface area contributed by atoms with Gasteiger partial charge in [0.15, 0.2) is 0 Å². The van der Waals surface area contributed by atoms with Gasteiger partial charge in [0.25, 0.3) is 0 Å². The SMILES string of the molecule is CC(C)(C)OC(=O)NCC(=O)O.CN(C(=O)NCc1cccc(F)c1Cl)[C@@H](CCCN)COC(=O)Nc1cc2cc(F)ccc2cn1.CN(C(=O)NCc1cccc(F)c1Cl)[C@@H](CCCNC(=O)CNC(=O)OC(C)(C)C)COC(=O)Nc1cc2cc(F)ccc2cn1.S.S. The molecule has 0 spiro atoms. The molecule has 2 heterocycles. The number of likely N-dealkylation sites (N-methyl/N-ethyl adjacent to an activating group) is 2. The van der Waals surface area contributed by atoms with E-state index < -0.39 is 101 Å². The van der Waals surface area contributed by atoms with Crippen LogP contribution in [-0.2, 0) is 41.6 Å². The highest BCUT2D eigenvalue weighted by Gasteiger charge is 2.25. The van der Waals surface area contributed by atoms with Crippen LogP contribution in [0.25, 0.3) is 21.5 Å². The van der Waals surface area contributed by atoms with Crippen LogP contribution in [0.2, 0.25) is 10.0 Å². The van der Waals surface area contributed by atoms with Gasteiger partial charge < -0.3 is 66.2 Å². The molecule has 520 valence electrons. The molecule has 33 heteroatoms. The molecule has 10 N–H and O–H groups in total. The van der Waals surface area contributed by atoms with Crippen LogP contribution in [-0.4, -0.2) is 150 Å². The van der Waals surface area contributed by atoms with E-state index in [4.69, 9.17) is 53.0 Å². The number of carboxylic acids is 1. The summed E-state index contributed by atoms with van der Waals surface area (Å²) in [5.74, 6) is -3.23. The first-order valence-electron chi connectivity index (χ1n) is 28.8. The lowest BCUT2D eigenvalue weighted by Crippen LogP contribution is -2.46. The number of amides is 9. The Kier molecular flexibility index (Phi) is 35.1. The van der Waals surface area contributed by atoms with Crippen LogP contribution in [0.1, 0.15) is 78.4 Å². The van der Waals surface area contributed by atoms with Crippen molar-refractivity contribution in [1.82, 2.24) is 46.4 Å². The van der Waals surface area contributed by atoms with Crippen molar-refractivity contribution in [2.75, 3.05) is 64.1 Å². The molecule has 4 aromatic carbocycles. The molecule has 2 atom stereocenters. The molecule has 0 fully saturated rings. The van der Waals surface area contributed by atoms with Crippen molar-refractivity contribution in [1.29, 1.82) is 0 Å². The minimum atomic E-state index is -1.10. The topological polar surface area (TPSA) is 336 Å². The summed E-state index contributed by atoms with van der Waals surface area (Å²) in [5.41, 5.74) is 5.12. The molecule has 0 aliphatic heterocycles. The van der Waals surface area contributed by atoms with E-state index in [1.807, 2.05) is 0 Å². The number of hydrogen-bond acceptors (Lipinski definition) is 15. The molecular formula is C62H80Cl2F4N12O13S2. The first-order valence-corrected chi connectivity index (χ1v) is 29.5. The van der Waals surface area contributed by atoms with Gasteiger partial charge in [-0.1, -0.05) is 47.5 Å². The van der Waals surface area contributed by atoms with Gasteiger partial charge in [-0.05, 0) is 156 Å². The van der Waals surface area contributed by atoms with Gasteiger partial charge in [-0.2, -0.15) is 27.0 Å². The van der Waals surface area contributed by atoms with Crippen molar-refractivity contribution >= 4 is 132 Å². The van der Waals surface area contributed by atoms with Crippen LogP contribution < -0.4 is 43.0 Å². The van der Waals surface area contributed by atoms with Gasteiger partial charge in [-0.3, -0.25) is 20.2 Å². The van der Waals surface area contributed by atoms with E-state index in [1.54, 1.807) is 72.9 Å². The largest absolute Gasteiger partial charge is 0.480 e. The molecule has 0 unspecified atom stereocenters. The fourth-order valence-electron chi connectivity index (χ4n) is 7.97. The highest BCUT2D eigenvalue weighted by molar-refractivity contribution is 7.59. The predicted molar refractivity (Wildman–Crippen MR) is 361 cm³/mol. The smallest absolute Gasteiger partial charge is 0.412 e. The summed E-state index contributed by atoms with van der Waals surface area (Å²) in [6.45, 7) is 9.74. The number of nitrogens with zero attached hydrogens (tertiary/aromatic N) is 4. The Hall–Kier alpha value is -8.78. The molecule has 0 saturated heterocycles. The Morgan fingerprint density at radius 2 is 0.968 bits per heavy atom. The molecule has 6 rings (SSSR count). The van der Waals surface area contributed by atoms with Crippen molar-refractivity contribution in [3.05, 3.63) is 142 Å². The summed E-state index contributed by atoms with van der Waals surface area (Å²) in [6, 6.07) is 17.9. The minimum absolute atomic E-state index is 0. The Balaban J connectivity index is 0.000000553. The third-order valence-corrected chi connectivity index (χ3v) is 13.5. The number of anilines is 2. The average Bonchev–Trinajstić information content (AvgIpc) is 0.885. The van der Waals surface area contributed by atoms with Crippen LogP contribution in [0.3, 0.4) is 0 Å². The first-order chi connectivity index (χ1) is 43.8.